The summed E-state index contributed by atoms with van der Waals surface area (Å²) in [4.78, 5) is 4.10. The highest BCUT2D eigenvalue weighted by atomic mass is 35.5. The molecule has 0 aliphatic heterocycles. The third kappa shape index (κ3) is 4.92. The minimum absolute atomic E-state index is 0.0110. The van der Waals surface area contributed by atoms with Crippen molar-refractivity contribution in [2.75, 3.05) is 5.75 Å². The van der Waals surface area contributed by atoms with E-state index in [2.05, 4.69) is 9.71 Å². The molecule has 1 aromatic rings. The number of pyridine rings is 1. The van der Waals surface area contributed by atoms with Gasteiger partial charge < -0.3 is 0 Å². The van der Waals surface area contributed by atoms with Crippen LogP contribution in [0.1, 0.15) is 26.5 Å². The maximum Gasteiger partial charge on any atom is 0.212 e. The Morgan fingerprint density at radius 3 is 2.61 bits per heavy atom. The maximum absolute atomic E-state index is 11.9. The molecular formula is C12H19ClN2O2S. The van der Waals surface area contributed by atoms with Gasteiger partial charge in [-0.25, -0.2) is 13.1 Å². The normalized spacial score (nSPS) is 14.4. The molecule has 6 heteroatoms. The summed E-state index contributed by atoms with van der Waals surface area (Å²) >= 11 is 5.95. The fraction of sp³-hybridized carbons (Fsp3) is 0.583. The zero-order valence-corrected chi connectivity index (χ0v) is 12.4. The molecule has 18 heavy (non-hydrogen) atoms. The molecule has 1 atom stereocenters. The molecule has 0 amide bonds. The summed E-state index contributed by atoms with van der Waals surface area (Å²) in [5.41, 5.74) is 0.101. The topological polar surface area (TPSA) is 59.1 Å². The van der Waals surface area contributed by atoms with Gasteiger partial charge in [0.05, 0.1) is 5.75 Å². The van der Waals surface area contributed by atoms with Gasteiger partial charge in [0.25, 0.3) is 0 Å². The van der Waals surface area contributed by atoms with E-state index < -0.39 is 15.6 Å². The van der Waals surface area contributed by atoms with Crippen molar-refractivity contribution < 1.29 is 8.42 Å². The van der Waals surface area contributed by atoms with Crippen molar-refractivity contribution in [3.8, 4) is 0 Å². The monoisotopic (exact) mass is 290 g/mol. The predicted molar refractivity (Wildman–Crippen MR) is 74.3 cm³/mol. The zero-order valence-electron chi connectivity index (χ0n) is 10.9. The standard InChI is InChI=1S/C12H19ClN2O2S/c1-10(13)12(2,3)15-18(16,17)9-7-11-6-4-5-8-14-11/h4-6,8,10,15H,7,9H2,1-3H3. The van der Waals surface area contributed by atoms with Gasteiger partial charge in [0.2, 0.25) is 10.0 Å². The largest absolute Gasteiger partial charge is 0.261 e. The Morgan fingerprint density at radius 2 is 2.11 bits per heavy atom. The third-order valence-corrected chi connectivity index (χ3v) is 4.89. The molecular weight excluding hydrogens is 272 g/mol. The molecule has 0 aliphatic rings. The molecule has 4 nitrogen and oxygen atoms in total. The fourth-order valence-electron chi connectivity index (χ4n) is 1.32. The van der Waals surface area contributed by atoms with Crippen LogP contribution in [0, 0.1) is 0 Å². The van der Waals surface area contributed by atoms with Crippen molar-refractivity contribution >= 4 is 21.6 Å². The van der Waals surface area contributed by atoms with Crippen LogP contribution in [0.3, 0.4) is 0 Å². The molecule has 1 heterocycles. The Kier molecular flexibility index (Phi) is 5.13. The molecule has 0 saturated heterocycles. The van der Waals surface area contributed by atoms with Gasteiger partial charge in [-0.1, -0.05) is 6.07 Å². The first-order chi connectivity index (χ1) is 8.23. The highest BCUT2D eigenvalue weighted by Gasteiger charge is 2.29. The lowest BCUT2D eigenvalue weighted by Crippen LogP contribution is -2.49. The first-order valence-corrected chi connectivity index (χ1v) is 7.87. The molecule has 0 aromatic carbocycles. The van der Waals surface area contributed by atoms with Gasteiger partial charge in [-0.05, 0) is 32.9 Å². The maximum atomic E-state index is 11.9. The number of nitrogens with zero attached hydrogens (tertiary/aromatic N) is 1. The fourth-order valence-corrected chi connectivity index (χ4v) is 3.00. The number of aryl methyl sites for hydroxylation is 1. The van der Waals surface area contributed by atoms with Gasteiger partial charge in [-0.2, -0.15) is 0 Å². The first kappa shape index (κ1) is 15.4. The molecule has 1 N–H and O–H groups in total. The van der Waals surface area contributed by atoms with Crippen LogP contribution < -0.4 is 4.72 Å². The number of rotatable bonds is 6. The summed E-state index contributed by atoms with van der Waals surface area (Å²) in [6.07, 6.45) is 2.04. The summed E-state index contributed by atoms with van der Waals surface area (Å²) < 4.78 is 26.5. The molecule has 0 radical (unpaired) electrons. The van der Waals surface area contributed by atoms with Crippen LogP contribution in [0.2, 0.25) is 0 Å². The molecule has 1 rings (SSSR count). The molecule has 0 aliphatic carbocycles. The molecule has 1 unspecified atom stereocenters. The van der Waals surface area contributed by atoms with Crippen LogP contribution in [-0.2, 0) is 16.4 Å². The number of nitrogens with one attached hydrogen (secondary N) is 1. The van der Waals surface area contributed by atoms with Gasteiger partial charge in [0.15, 0.2) is 0 Å². The number of hydrogen-bond donors (Lipinski definition) is 1. The second-order valence-corrected chi connectivity index (χ2v) is 7.33. The quantitative estimate of drug-likeness (QED) is 0.815. The van der Waals surface area contributed by atoms with Crippen molar-refractivity contribution in [1.29, 1.82) is 0 Å². The number of halogens is 1. The van der Waals surface area contributed by atoms with E-state index in [9.17, 15) is 8.42 Å². The lowest BCUT2D eigenvalue weighted by atomic mass is 10.0. The minimum atomic E-state index is -3.36. The smallest absolute Gasteiger partial charge is 0.212 e. The van der Waals surface area contributed by atoms with E-state index in [1.165, 1.54) is 0 Å². The number of alkyl halides is 1. The van der Waals surface area contributed by atoms with Crippen molar-refractivity contribution in [2.24, 2.45) is 0 Å². The van der Waals surface area contributed by atoms with Crippen LogP contribution >= 0.6 is 11.6 Å². The van der Waals surface area contributed by atoms with E-state index in [-0.39, 0.29) is 11.1 Å². The second-order valence-electron chi connectivity index (χ2n) is 4.83. The van der Waals surface area contributed by atoms with Gasteiger partial charge in [-0.3, -0.25) is 4.98 Å². The van der Waals surface area contributed by atoms with E-state index in [1.807, 2.05) is 12.1 Å². The van der Waals surface area contributed by atoms with E-state index in [4.69, 9.17) is 11.6 Å². The summed E-state index contributed by atoms with van der Waals surface area (Å²) in [5.74, 6) is 0.0110. The van der Waals surface area contributed by atoms with E-state index in [0.29, 0.717) is 6.42 Å². The van der Waals surface area contributed by atoms with Crippen LogP contribution in [0.15, 0.2) is 24.4 Å². The average Bonchev–Trinajstić information content (AvgIpc) is 2.26. The third-order valence-electron chi connectivity index (χ3n) is 2.77. The van der Waals surface area contributed by atoms with Crippen LogP contribution in [0.5, 0.6) is 0 Å². The van der Waals surface area contributed by atoms with Gasteiger partial charge >= 0.3 is 0 Å². The summed E-state index contributed by atoms with van der Waals surface area (Å²) in [6, 6.07) is 5.45. The predicted octanol–water partition coefficient (Wildman–Crippen LogP) is 1.95. The molecule has 0 fully saturated rings. The SMILES string of the molecule is CC(Cl)C(C)(C)NS(=O)(=O)CCc1ccccn1. The highest BCUT2D eigenvalue weighted by molar-refractivity contribution is 7.89. The minimum Gasteiger partial charge on any atom is -0.261 e. The number of aromatic nitrogens is 1. The Morgan fingerprint density at radius 1 is 1.44 bits per heavy atom. The van der Waals surface area contributed by atoms with Crippen LogP contribution in [0.25, 0.3) is 0 Å². The molecule has 102 valence electrons. The number of hydrogen-bond acceptors (Lipinski definition) is 3. The first-order valence-electron chi connectivity index (χ1n) is 5.78. The van der Waals surface area contributed by atoms with E-state index >= 15 is 0 Å². The summed E-state index contributed by atoms with van der Waals surface area (Å²) in [6.45, 7) is 5.30. The van der Waals surface area contributed by atoms with Crippen LogP contribution in [0.4, 0.5) is 0 Å². The Hall–Kier alpha value is -0.650. The van der Waals surface area contributed by atoms with Gasteiger partial charge in [0, 0.05) is 29.2 Å². The molecule has 1 aromatic heterocycles. The number of sulfonamides is 1. The molecule has 0 saturated carbocycles. The Bertz CT molecular complexity index is 472. The van der Waals surface area contributed by atoms with Crippen molar-refractivity contribution in [2.45, 2.75) is 38.1 Å². The highest BCUT2D eigenvalue weighted by Crippen LogP contribution is 2.16. The van der Waals surface area contributed by atoms with Gasteiger partial charge in [0.1, 0.15) is 0 Å². The van der Waals surface area contributed by atoms with Crippen LogP contribution in [-0.4, -0.2) is 30.1 Å². The molecule has 0 bridgehead atoms. The second kappa shape index (κ2) is 5.99. The average molecular weight is 291 g/mol. The summed E-state index contributed by atoms with van der Waals surface area (Å²) in [5, 5.41) is -0.290. The Balaban J connectivity index is 2.61. The van der Waals surface area contributed by atoms with Crippen molar-refractivity contribution in [1.82, 2.24) is 9.71 Å². The summed E-state index contributed by atoms with van der Waals surface area (Å²) in [7, 11) is -3.36. The lowest BCUT2D eigenvalue weighted by molar-refractivity contribution is 0.445. The van der Waals surface area contributed by atoms with Crippen molar-refractivity contribution in [3.63, 3.8) is 0 Å². The van der Waals surface area contributed by atoms with Gasteiger partial charge in [-0.15, -0.1) is 11.6 Å². The Labute approximate surface area is 114 Å². The zero-order chi connectivity index (χ0) is 13.8. The lowest BCUT2D eigenvalue weighted by Gasteiger charge is -2.28. The van der Waals surface area contributed by atoms with Crippen molar-refractivity contribution in [3.05, 3.63) is 30.1 Å². The van der Waals surface area contributed by atoms with E-state index in [1.54, 1.807) is 33.0 Å². The van der Waals surface area contributed by atoms with E-state index in [0.717, 1.165) is 5.69 Å². The molecule has 0 spiro atoms.